The highest BCUT2D eigenvalue weighted by Crippen LogP contribution is 2.34. The molecule has 0 aliphatic rings. The molecule has 1 N–H and O–H groups in total. The van der Waals surface area contributed by atoms with Gasteiger partial charge in [0.1, 0.15) is 21.9 Å². The fourth-order valence-corrected chi connectivity index (χ4v) is 3.62. The van der Waals surface area contributed by atoms with E-state index in [1.165, 1.54) is 24.8 Å². The predicted molar refractivity (Wildman–Crippen MR) is 90.9 cm³/mol. The van der Waals surface area contributed by atoms with E-state index in [9.17, 15) is 4.79 Å². The lowest BCUT2D eigenvalue weighted by Crippen LogP contribution is -2.00. The highest BCUT2D eigenvalue weighted by atomic mass is 79.9. The molecule has 5 nitrogen and oxygen atoms in total. The molecular formula is C15H12BrN3O2S. The summed E-state index contributed by atoms with van der Waals surface area (Å²) >= 11 is 4.75. The summed E-state index contributed by atoms with van der Waals surface area (Å²) in [5.74, 6) is 0.320. The van der Waals surface area contributed by atoms with Gasteiger partial charge in [0.2, 0.25) is 0 Å². The third kappa shape index (κ3) is 2.69. The van der Waals surface area contributed by atoms with Crippen LogP contribution in [0.3, 0.4) is 0 Å². The Morgan fingerprint density at radius 1 is 1.36 bits per heavy atom. The van der Waals surface area contributed by atoms with E-state index in [1.807, 2.05) is 31.2 Å². The number of nitrogens with zero attached hydrogens (tertiary/aromatic N) is 2. The number of carbonyl (C=O) groups is 1. The van der Waals surface area contributed by atoms with Crippen LogP contribution in [0.15, 0.2) is 35.1 Å². The van der Waals surface area contributed by atoms with Crippen LogP contribution >= 0.6 is 27.3 Å². The monoisotopic (exact) mass is 377 g/mol. The van der Waals surface area contributed by atoms with Crippen molar-refractivity contribution in [2.45, 2.75) is 6.92 Å². The van der Waals surface area contributed by atoms with Gasteiger partial charge in [0.05, 0.1) is 12.5 Å². The number of aromatic nitrogens is 2. The maximum absolute atomic E-state index is 11.8. The third-order valence-corrected chi connectivity index (χ3v) is 4.86. The number of methoxy groups -OCH3 is 1. The normalized spacial score (nSPS) is 10.7. The van der Waals surface area contributed by atoms with Crippen LogP contribution in [0.5, 0.6) is 0 Å². The molecule has 0 fully saturated rings. The third-order valence-electron chi connectivity index (χ3n) is 3.18. The van der Waals surface area contributed by atoms with Gasteiger partial charge in [0, 0.05) is 10.2 Å². The van der Waals surface area contributed by atoms with Gasteiger partial charge in [-0.1, -0.05) is 22.0 Å². The largest absolute Gasteiger partial charge is 0.465 e. The van der Waals surface area contributed by atoms with Gasteiger partial charge < -0.3 is 10.1 Å². The summed E-state index contributed by atoms with van der Waals surface area (Å²) in [6, 6.07) is 7.79. The number of aryl methyl sites for hydroxylation is 1. The molecule has 3 rings (SSSR count). The van der Waals surface area contributed by atoms with Gasteiger partial charge in [0.15, 0.2) is 0 Å². The molecule has 0 spiro atoms. The number of benzene rings is 1. The first kappa shape index (κ1) is 14.9. The van der Waals surface area contributed by atoms with Crippen molar-refractivity contribution < 1.29 is 9.53 Å². The Bertz CT molecular complexity index is 863. The van der Waals surface area contributed by atoms with Gasteiger partial charge in [-0.2, -0.15) is 0 Å². The summed E-state index contributed by atoms with van der Waals surface area (Å²) in [6.45, 7) is 1.88. The average molecular weight is 378 g/mol. The van der Waals surface area contributed by atoms with E-state index in [0.717, 1.165) is 25.9 Å². The maximum Gasteiger partial charge on any atom is 0.348 e. The summed E-state index contributed by atoms with van der Waals surface area (Å²) in [5, 5.41) is 4.11. The number of thiophene rings is 1. The first-order chi connectivity index (χ1) is 10.6. The van der Waals surface area contributed by atoms with Crippen molar-refractivity contribution in [1.82, 2.24) is 9.97 Å². The Labute approximate surface area is 139 Å². The minimum Gasteiger partial charge on any atom is -0.465 e. The number of halogens is 1. The number of hydrogen-bond donors (Lipinski definition) is 1. The van der Waals surface area contributed by atoms with Crippen molar-refractivity contribution in [3.63, 3.8) is 0 Å². The van der Waals surface area contributed by atoms with E-state index >= 15 is 0 Å². The van der Waals surface area contributed by atoms with Gasteiger partial charge in [-0.05, 0) is 30.7 Å². The lowest BCUT2D eigenvalue weighted by Gasteiger charge is -2.07. The number of hydrogen-bond acceptors (Lipinski definition) is 6. The van der Waals surface area contributed by atoms with Crippen molar-refractivity contribution in [2.24, 2.45) is 0 Å². The average Bonchev–Trinajstić information content (AvgIpc) is 2.85. The summed E-state index contributed by atoms with van der Waals surface area (Å²) in [6.07, 6.45) is 1.49. The lowest BCUT2D eigenvalue weighted by molar-refractivity contribution is 0.0605. The number of anilines is 2. The van der Waals surface area contributed by atoms with Crippen molar-refractivity contribution in [1.29, 1.82) is 0 Å². The summed E-state index contributed by atoms with van der Waals surface area (Å²) in [5.41, 5.74) is 1.73. The molecule has 112 valence electrons. The number of carbonyl (C=O) groups excluding carboxylic acids is 1. The van der Waals surface area contributed by atoms with Gasteiger partial charge in [-0.25, -0.2) is 14.8 Å². The number of nitrogens with one attached hydrogen (secondary N) is 1. The van der Waals surface area contributed by atoms with Crippen LogP contribution in [0, 0.1) is 6.92 Å². The molecule has 1 aromatic carbocycles. The molecule has 0 aliphatic heterocycles. The number of esters is 1. The zero-order valence-electron chi connectivity index (χ0n) is 11.9. The quantitative estimate of drug-likeness (QED) is 0.689. The molecule has 0 amide bonds. The van der Waals surface area contributed by atoms with Crippen LogP contribution in [-0.2, 0) is 4.74 Å². The summed E-state index contributed by atoms with van der Waals surface area (Å²) < 4.78 is 5.79. The second kappa shape index (κ2) is 6.02. The van der Waals surface area contributed by atoms with Crippen molar-refractivity contribution in [3.8, 4) is 0 Å². The van der Waals surface area contributed by atoms with E-state index in [0.29, 0.717) is 10.7 Å². The molecule has 0 saturated heterocycles. The standard InChI is InChI=1S/C15H12BrN3O2S/c1-8-11-13(19-10-5-3-4-9(16)6-10)17-7-18-14(11)22-12(8)15(20)21-2/h3-7H,1-2H3,(H,17,18,19). The minimum atomic E-state index is -0.353. The predicted octanol–water partition coefficient (Wildman–Crippen LogP) is 4.29. The molecule has 7 heteroatoms. The zero-order valence-corrected chi connectivity index (χ0v) is 14.3. The Kier molecular flexibility index (Phi) is 4.08. The van der Waals surface area contributed by atoms with Gasteiger partial charge in [0.25, 0.3) is 0 Å². The van der Waals surface area contributed by atoms with Gasteiger partial charge >= 0.3 is 5.97 Å². The molecule has 0 aliphatic carbocycles. The fourth-order valence-electron chi connectivity index (χ4n) is 2.16. The highest BCUT2D eigenvalue weighted by molar-refractivity contribution is 9.10. The Morgan fingerprint density at radius 2 is 2.18 bits per heavy atom. The Hall–Kier alpha value is -1.99. The highest BCUT2D eigenvalue weighted by Gasteiger charge is 2.19. The Balaban J connectivity index is 2.10. The molecule has 2 heterocycles. The minimum absolute atomic E-state index is 0.353. The summed E-state index contributed by atoms with van der Waals surface area (Å²) in [7, 11) is 1.37. The smallest absolute Gasteiger partial charge is 0.348 e. The van der Waals surface area contributed by atoms with Crippen molar-refractivity contribution >= 4 is 55.0 Å². The van der Waals surface area contributed by atoms with Crippen LogP contribution in [0.4, 0.5) is 11.5 Å². The van der Waals surface area contributed by atoms with Crippen LogP contribution in [0.2, 0.25) is 0 Å². The van der Waals surface area contributed by atoms with Gasteiger partial charge in [-0.3, -0.25) is 0 Å². The molecule has 22 heavy (non-hydrogen) atoms. The van der Waals surface area contributed by atoms with Crippen LogP contribution in [0.1, 0.15) is 15.2 Å². The van der Waals surface area contributed by atoms with E-state index in [2.05, 4.69) is 31.2 Å². The molecule has 0 radical (unpaired) electrons. The molecule has 0 bridgehead atoms. The lowest BCUT2D eigenvalue weighted by atomic mass is 10.2. The molecule has 0 atom stereocenters. The van der Waals surface area contributed by atoms with E-state index in [1.54, 1.807) is 0 Å². The maximum atomic E-state index is 11.8. The van der Waals surface area contributed by atoms with Crippen LogP contribution in [0.25, 0.3) is 10.2 Å². The van der Waals surface area contributed by atoms with Crippen LogP contribution < -0.4 is 5.32 Å². The van der Waals surface area contributed by atoms with Crippen molar-refractivity contribution in [3.05, 3.63) is 45.5 Å². The first-order valence-electron chi connectivity index (χ1n) is 6.45. The van der Waals surface area contributed by atoms with E-state index in [4.69, 9.17) is 4.74 Å². The topological polar surface area (TPSA) is 64.1 Å². The zero-order chi connectivity index (χ0) is 15.7. The van der Waals surface area contributed by atoms with Gasteiger partial charge in [-0.15, -0.1) is 11.3 Å². The number of rotatable bonds is 3. The molecular weight excluding hydrogens is 366 g/mol. The second-order valence-electron chi connectivity index (χ2n) is 4.59. The summed E-state index contributed by atoms with van der Waals surface area (Å²) in [4.78, 5) is 21.7. The van der Waals surface area contributed by atoms with E-state index in [-0.39, 0.29) is 5.97 Å². The molecule has 0 saturated carbocycles. The van der Waals surface area contributed by atoms with Crippen LogP contribution in [-0.4, -0.2) is 23.0 Å². The molecule has 3 aromatic rings. The first-order valence-corrected chi connectivity index (χ1v) is 8.06. The second-order valence-corrected chi connectivity index (χ2v) is 6.50. The van der Waals surface area contributed by atoms with Crippen molar-refractivity contribution in [2.75, 3.05) is 12.4 Å². The Morgan fingerprint density at radius 3 is 2.91 bits per heavy atom. The molecule has 0 unspecified atom stereocenters. The fraction of sp³-hybridized carbons (Fsp3) is 0.133. The number of fused-ring (bicyclic) bond motifs is 1. The van der Waals surface area contributed by atoms with E-state index < -0.39 is 0 Å². The number of ether oxygens (including phenoxy) is 1. The SMILES string of the molecule is COC(=O)c1sc2ncnc(Nc3cccc(Br)c3)c2c1C. The molecule has 2 aromatic heterocycles.